The van der Waals surface area contributed by atoms with Crippen LogP contribution in [0.1, 0.15) is 19.1 Å². The summed E-state index contributed by atoms with van der Waals surface area (Å²) in [5.74, 6) is 0.898. The van der Waals surface area contributed by atoms with Gasteiger partial charge in [-0.15, -0.1) is 11.6 Å². The van der Waals surface area contributed by atoms with Crippen LogP contribution in [0.15, 0.2) is 20.0 Å². The molecule has 1 fully saturated rings. The topological polar surface area (TPSA) is 59.8 Å². The van der Waals surface area contributed by atoms with Crippen LogP contribution in [-0.4, -0.2) is 39.0 Å². The second-order valence-corrected chi connectivity index (χ2v) is 7.78. The smallest absolute Gasteiger partial charge is 0.247 e. The predicted molar refractivity (Wildman–Crippen MR) is 79.3 cm³/mol. The number of rotatable bonds is 4. The fourth-order valence-electron chi connectivity index (χ4n) is 2.31. The van der Waals surface area contributed by atoms with E-state index in [1.165, 1.54) is 10.4 Å². The standard InChI is InChI=1S/C12H17BrClNO4S/c1-8-3-4-15(7-10(8)18-2)20(16,17)11-5-9(6-14)19-12(11)13/h5,8,10H,3-4,6-7H2,1-2H3. The van der Waals surface area contributed by atoms with Crippen LogP contribution in [0.25, 0.3) is 0 Å². The largest absolute Gasteiger partial charge is 0.452 e. The molecular formula is C12H17BrClNO4S. The Bertz CT molecular complexity index is 574. The average molecular weight is 387 g/mol. The first-order chi connectivity index (χ1) is 9.40. The molecule has 0 aliphatic carbocycles. The SMILES string of the molecule is COC1CN(S(=O)(=O)c2cc(CCl)oc2Br)CCC1C. The van der Waals surface area contributed by atoms with Crippen LogP contribution >= 0.6 is 27.5 Å². The molecule has 0 N–H and O–H groups in total. The zero-order valence-corrected chi connectivity index (χ0v) is 14.5. The van der Waals surface area contributed by atoms with Crippen molar-refractivity contribution < 1.29 is 17.6 Å². The highest BCUT2D eigenvalue weighted by molar-refractivity contribution is 9.10. The number of methoxy groups -OCH3 is 1. The van der Waals surface area contributed by atoms with E-state index in [0.717, 1.165) is 6.42 Å². The number of nitrogens with zero attached hydrogens (tertiary/aromatic N) is 1. The summed E-state index contributed by atoms with van der Waals surface area (Å²) < 4.78 is 37.5. The Morgan fingerprint density at radius 2 is 2.30 bits per heavy atom. The summed E-state index contributed by atoms with van der Waals surface area (Å²) in [6.45, 7) is 2.91. The van der Waals surface area contributed by atoms with E-state index in [1.54, 1.807) is 7.11 Å². The van der Waals surface area contributed by atoms with Gasteiger partial charge >= 0.3 is 0 Å². The van der Waals surface area contributed by atoms with Gasteiger partial charge in [0.05, 0.1) is 12.0 Å². The first-order valence-corrected chi connectivity index (χ1v) is 9.04. The van der Waals surface area contributed by atoms with Crippen molar-refractivity contribution in [1.29, 1.82) is 0 Å². The molecule has 0 bridgehead atoms. The Morgan fingerprint density at radius 3 is 2.85 bits per heavy atom. The van der Waals surface area contributed by atoms with Gasteiger partial charge in [0, 0.05) is 26.3 Å². The number of hydrogen-bond acceptors (Lipinski definition) is 4. The van der Waals surface area contributed by atoms with E-state index in [1.807, 2.05) is 0 Å². The van der Waals surface area contributed by atoms with Gasteiger partial charge in [-0.05, 0) is 28.3 Å². The molecule has 1 aromatic rings. The number of halogens is 2. The fraction of sp³-hybridized carbons (Fsp3) is 0.667. The molecule has 0 aromatic carbocycles. The lowest BCUT2D eigenvalue weighted by atomic mass is 9.97. The van der Waals surface area contributed by atoms with Crippen LogP contribution in [0.4, 0.5) is 0 Å². The molecule has 0 spiro atoms. The fourth-order valence-corrected chi connectivity index (χ4v) is 4.87. The van der Waals surface area contributed by atoms with Crippen LogP contribution < -0.4 is 0 Å². The van der Waals surface area contributed by atoms with Crippen molar-refractivity contribution in [2.75, 3.05) is 20.2 Å². The summed E-state index contributed by atoms with van der Waals surface area (Å²) >= 11 is 8.81. The predicted octanol–water partition coefficient (Wildman–Crippen LogP) is 2.83. The third kappa shape index (κ3) is 3.06. The van der Waals surface area contributed by atoms with Gasteiger partial charge in [0.25, 0.3) is 0 Å². The van der Waals surface area contributed by atoms with E-state index in [-0.39, 0.29) is 21.5 Å². The van der Waals surface area contributed by atoms with Crippen LogP contribution in [-0.2, 0) is 20.6 Å². The van der Waals surface area contributed by atoms with Gasteiger partial charge < -0.3 is 9.15 Å². The van der Waals surface area contributed by atoms with E-state index in [9.17, 15) is 8.42 Å². The van der Waals surface area contributed by atoms with Crippen molar-refractivity contribution in [2.24, 2.45) is 5.92 Å². The Balaban J connectivity index is 2.28. The number of furan rings is 1. The van der Waals surface area contributed by atoms with E-state index in [2.05, 4.69) is 22.9 Å². The molecule has 0 amide bonds. The molecule has 1 aromatic heterocycles. The lowest BCUT2D eigenvalue weighted by Gasteiger charge is -2.35. The first kappa shape index (κ1) is 16.3. The molecule has 1 aliphatic heterocycles. The Kier molecular flexibility index (Phi) is 5.18. The molecule has 0 radical (unpaired) electrons. The Hall–Kier alpha value is -0.0800. The summed E-state index contributed by atoms with van der Waals surface area (Å²) in [5, 5.41) is 0. The highest BCUT2D eigenvalue weighted by atomic mass is 79.9. The van der Waals surface area contributed by atoms with Crippen molar-refractivity contribution >= 4 is 37.6 Å². The Morgan fingerprint density at radius 1 is 1.60 bits per heavy atom. The van der Waals surface area contributed by atoms with Gasteiger partial charge in [-0.2, -0.15) is 4.31 Å². The third-order valence-corrected chi connectivity index (χ3v) is 6.60. The molecule has 2 atom stereocenters. The molecule has 2 unspecified atom stereocenters. The minimum Gasteiger partial charge on any atom is -0.452 e. The van der Waals surface area contributed by atoms with Gasteiger partial charge in [0.15, 0.2) is 4.67 Å². The van der Waals surface area contributed by atoms with Gasteiger partial charge in [-0.25, -0.2) is 8.42 Å². The first-order valence-electron chi connectivity index (χ1n) is 6.27. The maximum Gasteiger partial charge on any atom is 0.247 e. The van der Waals surface area contributed by atoms with E-state index in [0.29, 0.717) is 24.8 Å². The van der Waals surface area contributed by atoms with Gasteiger partial charge in [-0.3, -0.25) is 0 Å². The van der Waals surface area contributed by atoms with Gasteiger partial charge in [0.1, 0.15) is 10.7 Å². The van der Waals surface area contributed by atoms with Crippen molar-refractivity contribution in [2.45, 2.75) is 30.2 Å². The molecule has 2 heterocycles. The highest BCUT2D eigenvalue weighted by Gasteiger charge is 2.36. The van der Waals surface area contributed by atoms with E-state index in [4.69, 9.17) is 20.8 Å². The third-order valence-electron chi connectivity index (χ3n) is 3.61. The normalized spacial score (nSPS) is 25.0. The molecule has 114 valence electrons. The summed E-state index contributed by atoms with van der Waals surface area (Å²) in [5.41, 5.74) is 0. The van der Waals surface area contributed by atoms with Crippen molar-refractivity contribution in [3.05, 3.63) is 16.5 Å². The Labute approximate surface area is 132 Å². The van der Waals surface area contributed by atoms with Crippen molar-refractivity contribution in [3.63, 3.8) is 0 Å². The zero-order chi connectivity index (χ0) is 14.9. The van der Waals surface area contributed by atoms with Crippen LogP contribution in [0.5, 0.6) is 0 Å². The van der Waals surface area contributed by atoms with E-state index < -0.39 is 10.0 Å². The maximum atomic E-state index is 12.6. The average Bonchev–Trinajstić information content (AvgIpc) is 2.81. The van der Waals surface area contributed by atoms with E-state index >= 15 is 0 Å². The summed E-state index contributed by atoms with van der Waals surface area (Å²) in [6.07, 6.45) is 0.687. The quantitative estimate of drug-likeness (QED) is 0.747. The van der Waals surface area contributed by atoms with Crippen LogP contribution in [0.2, 0.25) is 0 Å². The van der Waals surface area contributed by atoms with Crippen molar-refractivity contribution in [1.82, 2.24) is 4.31 Å². The minimum absolute atomic E-state index is 0.0864. The zero-order valence-electron chi connectivity index (χ0n) is 11.3. The number of sulfonamides is 1. The minimum atomic E-state index is -3.59. The number of alkyl halides is 1. The lowest BCUT2D eigenvalue weighted by Crippen LogP contribution is -2.46. The summed E-state index contributed by atoms with van der Waals surface area (Å²) in [6, 6.07) is 1.46. The van der Waals surface area contributed by atoms with Crippen LogP contribution in [0.3, 0.4) is 0 Å². The van der Waals surface area contributed by atoms with Crippen molar-refractivity contribution in [3.8, 4) is 0 Å². The molecule has 2 rings (SSSR count). The highest BCUT2D eigenvalue weighted by Crippen LogP contribution is 2.32. The number of piperidine rings is 1. The second-order valence-electron chi connectivity index (χ2n) is 4.89. The van der Waals surface area contributed by atoms with Gasteiger partial charge in [-0.1, -0.05) is 6.92 Å². The molecular weight excluding hydrogens is 370 g/mol. The molecule has 8 heteroatoms. The molecule has 20 heavy (non-hydrogen) atoms. The molecule has 0 saturated carbocycles. The monoisotopic (exact) mass is 385 g/mol. The molecule has 1 saturated heterocycles. The molecule has 5 nitrogen and oxygen atoms in total. The number of hydrogen-bond donors (Lipinski definition) is 0. The summed E-state index contributed by atoms with van der Waals surface area (Å²) in [4.78, 5) is 0.123. The lowest BCUT2D eigenvalue weighted by molar-refractivity contribution is 0.0183. The van der Waals surface area contributed by atoms with Crippen LogP contribution in [0, 0.1) is 5.92 Å². The molecule has 1 aliphatic rings. The summed E-state index contributed by atoms with van der Waals surface area (Å²) in [7, 11) is -1.99. The second kappa shape index (κ2) is 6.36. The van der Waals surface area contributed by atoms with Gasteiger partial charge in [0.2, 0.25) is 10.0 Å². The maximum absolute atomic E-state index is 12.6. The number of ether oxygens (including phenoxy) is 1.